The lowest BCUT2D eigenvalue weighted by molar-refractivity contribution is 0.716. The van der Waals surface area contributed by atoms with Gasteiger partial charge in [-0.2, -0.15) is 0 Å². The molecule has 0 atom stereocenters. The molecule has 0 unspecified atom stereocenters. The zero-order valence-corrected chi connectivity index (χ0v) is 10.6. The van der Waals surface area contributed by atoms with Crippen molar-refractivity contribution < 1.29 is 0 Å². The zero-order chi connectivity index (χ0) is 12.1. The van der Waals surface area contributed by atoms with Gasteiger partial charge in [-0.15, -0.1) is 6.58 Å². The Labute approximate surface area is 104 Å². The number of H-pyrrole nitrogens is 1. The molecule has 0 aliphatic heterocycles. The summed E-state index contributed by atoms with van der Waals surface area (Å²) in [5.74, 6) is 0. The zero-order valence-electron chi connectivity index (χ0n) is 10.6. The lowest BCUT2D eigenvalue weighted by Crippen LogP contribution is -1.91. The second kappa shape index (κ2) is 5.72. The fourth-order valence-corrected chi connectivity index (χ4v) is 2.41. The third-order valence-electron chi connectivity index (χ3n) is 3.28. The van der Waals surface area contributed by atoms with Crippen LogP contribution in [0.4, 0.5) is 0 Å². The van der Waals surface area contributed by atoms with Gasteiger partial charge in [0.15, 0.2) is 0 Å². The highest BCUT2D eigenvalue weighted by atomic mass is 14.7. The summed E-state index contributed by atoms with van der Waals surface area (Å²) in [6.45, 7) is 6.09. The Morgan fingerprint density at radius 1 is 1.24 bits per heavy atom. The number of aryl methyl sites for hydroxylation is 1. The number of aromatic nitrogens is 1. The van der Waals surface area contributed by atoms with E-state index in [2.05, 4.69) is 42.8 Å². The summed E-state index contributed by atoms with van der Waals surface area (Å²) in [4.78, 5) is 3.52. The molecule has 1 heteroatoms. The first-order valence-corrected chi connectivity index (χ1v) is 6.56. The van der Waals surface area contributed by atoms with E-state index in [1.807, 2.05) is 6.08 Å². The average molecular weight is 227 g/mol. The quantitative estimate of drug-likeness (QED) is 0.547. The van der Waals surface area contributed by atoms with Gasteiger partial charge in [0.25, 0.3) is 0 Å². The van der Waals surface area contributed by atoms with E-state index in [-0.39, 0.29) is 0 Å². The molecular weight excluding hydrogens is 206 g/mol. The molecule has 0 aliphatic carbocycles. The van der Waals surface area contributed by atoms with Gasteiger partial charge >= 0.3 is 0 Å². The molecule has 1 aromatic heterocycles. The van der Waals surface area contributed by atoms with Crippen LogP contribution in [-0.4, -0.2) is 4.98 Å². The normalized spacial score (nSPS) is 10.9. The summed E-state index contributed by atoms with van der Waals surface area (Å²) in [5, 5.41) is 1.39. The van der Waals surface area contributed by atoms with Crippen LogP contribution < -0.4 is 0 Å². The molecule has 0 aliphatic rings. The maximum atomic E-state index is 3.84. The maximum Gasteiger partial charge on any atom is 0.0459 e. The number of hydrogen-bond donors (Lipinski definition) is 1. The van der Waals surface area contributed by atoms with E-state index in [1.54, 1.807) is 0 Å². The van der Waals surface area contributed by atoms with Gasteiger partial charge in [-0.05, 0) is 24.5 Å². The fourth-order valence-electron chi connectivity index (χ4n) is 2.41. The molecular formula is C16H21N. The Morgan fingerprint density at radius 3 is 2.82 bits per heavy atom. The van der Waals surface area contributed by atoms with Crippen molar-refractivity contribution in [3.8, 4) is 0 Å². The second-order valence-electron chi connectivity index (χ2n) is 4.58. The first-order chi connectivity index (χ1) is 8.36. The number of unbranched alkanes of at least 4 members (excludes halogenated alkanes) is 2. The Kier molecular flexibility index (Phi) is 4.03. The highest BCUT2D eigenvalue weighted by Gasteiger charge is 2.09. The molecule has 0 fully saturated rings. The molecule has 17 heavy (non-hydrogen) atoms. The van der Waals surface area contributed by atoms with Crippen molar-refractivity contribution in [2.24, 2.45) is 0 Å². The highest BCUT2D eigenvalue weighted by molar-refractivity contribution is 5.84. The number of para-hydroxylation sites is 1. The SMILES string of the molecule is C=CCc1[nH]c2ccccc2c1CCCCC. The van der Waals surface area contributed by atoms with Crippen LogP contribution >= 0.6 is 0 Å². The molecule has 0 bridgehead atoms. The molecule has 1 heterocycles. The lowest BCUT2D eigenvalue weighted by atomic mass is 10.0. The first-order valence-electron chi connectivity index (χ1n) is 6.56. The predicted octanol–water partition coefficient (Wildman–Crippen LogP) is 4.63. The predicted molar refractivity (Wildman–Crippen MR) is 75.4 cm³/mol. The number of allylic oxidation sites excluding steroid dienone is 1. The fraction of sp³-hybridized carbons (Fsp3) is 0.375. The molecule has 1 aromatic carbocycles. The Hall–Kier alpha value is -1.50. The van der Waals surface area contributed by atoms with E-state index in [0.717, 1.165) is 6.42 Å². The summed E-state index contributed by atoms with van der Waals surface area (Å²) >= 11 is 0. The first kappa shape index (κ1) is 12.0. The van der Waals surface area contributed by atoms with Crippen LogP contribution in [0.3, 0.4) is 0 Å². The van der Waals surface area contributed by atoms with Crippen molar-refractivity contribution in [2.75, 3.05) is 0 Å². The van der Waals surface area contributed by atoms with Gasteiger partial charge in [-0.25, -0.2) is 0 Å². The summed E-state index contributed by atoms with van der Waals surface area (Å²) in [7, 11) is 0. The molecule has 90 valence electrons. The Balaban J connectivity index is 2.33. The van der Waals surface area contributed by atoms with Gasteiger partial charge in [0.1, 0.15) is 0 Å². The standard InChI is InChI=1S/C16H21N/c1-3-5-6-10-13-14-11-7-8-12-16(14)17-15(13)9-4-2/h4,7-8,11-12,17H,2-3,5-6,9-10H2,1H3. The third-order valence-corrected chi connectivity index (χ3v) is 3.28. The van der Waals surface area contributed by atoms with Gasteiger partial charge < -0.3 is 4.98 Å². The van der Waals surface area contributed by atoms with Crippen molar-refractivity contribution in [1.82, 2.24) is 4.98 Å². The average Bonchev–Trinajstić information content (AvgIpc) is 2.69. The van der Waals surface area contributed by atoms with Crippen LogP contribution in [0.15, 0.2) is 36.9 Å². The third kappa shape index (κ3) is 2.60. The molecule has 0 amide bonds. The minimum atomic E-state index is 0.941. The van der Waals surface area contributed by atoms with Gasteiger partial charge in [-0.1, -0.05) is 44.0 Å². The van der Waals surface area contributed by atoms with Gasteiger partial charge in [0, 0.05) is 23.0 Å². The summed E-state index contributed by atoms with van der Waals surface area (Å²) < 4.78 is 0. The van der Waals surface area contributed by atoms with Crippen molar-refractivity contribution >= 4 is 10.9 Å². The molecule has 0 radical (unpaired) electrons. The van der Waals surface area contributed by atoms with E-state index < -0.39 is 0 Å². The number of benzene rings is 1. The molecule has 0 spiro atoms. The van der Waals surface area contributed by atoms with Crippen molar-refractivity contribution in [1.29, 1.82) is 0 Å². The van der Waals surface area contributed by atoms with Crippen molar-refractivity contribution in [3.63, 3.8) is 0 Å². The summed E-state index contributed by atoms with van der Waals surface area (Å²) in [5.41, 5.74) is 4.10. The monoisotopic (exact) mass is 227 g/mol. The summed E-state index contributed by atoms with van der Waals surface area (Å²) in [6.07, 6.45) is 7.97. The molecule has 1 nitrogen and oxygen atoms in total. The van der Waals surface area contributed by atoms with Crippen molar-refractivity contribution in [3.05, 3.63) is 48.2 Å². The van der Waals surface area contributed by atoms with E-state index in [1.165, 1.54) is 47.8 Å². The van der Waals surface area contributed by atoms with Crippen LogP contribution in [-0.2, 0) is 12.8 Å². The second-order valence-corrected chi connectivity index (χ2v) is 4.58. The number of nitrogens with one attached hydrogen (secondary N) is 1. The molecule has 0 saturated heterocycles. The minimum absolute atomic E-state index is 0.941. The largest absolute Gasteiger partial charge is 0.358 e. The number of hydrogen-bond acceptors (Lipinski definition) is 0. The van der Waals surface area contributed by atoms with Gasteiger partial charge in [0.05, 0.1) is 0 Å². The van der Waals surface area contributed by atoms with Crippen LogP contribution in [0, 0.1) is 0 Å². The van der Waals surface area contributed by atoms with E-state index in [0.29, 0.717) is 0 Å². The van der Waals surface area contributed by atoms with Crippen molar-refractivity contribution in [2.45, 2.75) is 39.0 Å². The Morgan fingerprint density at radius 2 is 2.06 bits per heavy atom. The van der Waals surface area contributed by atoms with Crippen LogP contribution in [0.25, 0.3) is 10.9 Å². The van der Waals surface area contributed by atoms with E-state index in [4.69, 9.17) is 0 Å². The van der Waals surface area contributed by atoms with Gasteiger partial charge in [0.2, 0.25) is 0 Å². The van der Waals surface area contributed by atoms with Crippen LogP contribution in [0.2, 0.25) is 0 Å². The smallest absolute Gasteiger partial charge is 0.0459 e. The molecule has 2 rings (SSSR count). The van der Waals surface area contributed by atoms with Crippen LogP contribution in [0.1, 0.15) is 37.4 Å². The maximum absolute atomic E-state index is 3.84. The van der Waals surface area contributed by atoms with Gasteiger partial charge in [-0.3, -0.25) is 0 Å². The number of fused-ring (bicyclic) bond motifs is 1. The molecule has 0 saturated carbocycles. The Bertz CT molecular complexity index is 493. The minimum Gasteiger partial charge on any atom is -0.358 e. The topological polar surface area (TPSA) is 15.8 Å². The number of aromatic amines is 1. The van der Waals surface area contributed by atoms with E-state index >= 15 is 0 Å². The number of rotatable bonds is 6. The van der Waals surface area contributed by atoms with Crippen LogP contribution in [0.5, 0.6) is 0 Å². The molecule has 1 N–H and O–H groups in total. The summed E-state index contributed by atoms with van der Waals surface area (Å²) in [6, 6.07) is 8.59. The lowest BCUT2D eigenvalue weighted by Gasteiger charge is -2.02. The molecule has 2 aromatic rings. The van der Waals surface area contributed by atoms with E-state index in [9.17, 15) is 0 Å². The highest BCUT2D eigenvalue weighted by Crippen LogP contribution is 2.24.